The summed E-state index contributed by atoms with van der Waals surface area (Å²) in [6.07, 6.45) is 3.31. The number of fused-ring (bicyclic) bond motifs is 1. The van der Waals surface area contributed by atoms with Crippen molar-refractivity contribution in [2.24, 2.45) is 0 Å². The van der Waals surface area contributed by atoms with Crippen LogP contribution in [0.5, 0.6) is 5.75 Å². The first kappa shape index (κ1) is 17.8. The summed E-state index contributed by atoms with van der Waals surface area (Å²) < 4.78 is 20.5. The highest BCUT2D eigenvalue weighted by atomic mass is 19.1. The molecular formula is C19H21FN4O2. The lowest BCUT2D eigenvalue weighted by molar-refractivity contribution is 0.386. The first-order chi connectivity index (χ1) is 12.6. The smallest absolute Gasteiger partial charge is 0.252 e. The van der Waals surface area contributed by atoms with Crippen LogP contribution in [0.3, 0.4) is 0 Å². The van der Waals surface area contributed by atoms with Gasteiger partial charge in [-0.1, -0.05) is 13.8 Å². The minimum Gasteiger partial charge on any atom is -0.494 e. The van der Waals surface area contributed by atoms with Crippen LogP contribution in [0.25, 0.3) is 11.0 Å². The molecule has 0 aliphatic rings. The highest BCUT2D eigenvalue weighted by Gasteiger charge is 2.14. The lowest BCUT2D eigenvalue weighted by Crippen LogP contribution is -2.24. The molecule has 0 amide bonds. The summed E-state index contributed by atoms with van der Waals surface area (Å²) >= 11 is 0. The highest BCUT2D eigenvalue weighted by Crippen LogP contribution is 2.24. The second-order valence-electron chi connectivity index (χ2n) is 5.96. The Morgan fingerprint density at radius 1 is 1.23 bits per heavy atom. The predicted octanol–water partition coefficient (Wildman–Crippen LogP) is 4.04. The van der Waals surface area contributed by atoms with E-state index in [-0.39, 0.29) is 17.4 Å². The maximum absolute atomic E-state index is 13.9. The van der Waals surface area contributed by atoms with Gasteiger partial charge in [0.2, 0.25) is 5.95 Å². The third-order valence-electron chi connectivity index (χ3n) is 4.38. The number of anilines is 2. The fourth-order valence-electron chi connectivity index (χ4n) is 2.98. The molecule has 0 aliphatic heterocycles. The number of hydrogen-bond acceptors (Lipinski definition) is 5. The minimum atomic E-state index is -0.479. The molecule has 6 nitrogen and oxygen atoms in total. The fraction of sp³-hybridized carbons (Fsp3) is 0.316. The maximum atomic E-state index is 13.9. The minimum absolute atomic E-state index is 0.0624. The van der Waals surface area contributed by atoms with E-state index in [0.29, 0.717) is 17.3 Å². The van der Waals surface area contributed by atoms with Crippen LogP contribution < -0.4 is 15.6 Å². The van der Waals surface area contributed by atoms with Crippen molar-refractivity contribution in [3.63, 3.8) is 0 Å². The molecule has 1 aromatic carbocycles. The van der Waals surface area contributed by atoms with E-state index in [2.05, 4.69) is 15.3 Å². The summed E-state index contributed by atoms with van der Waals surface area (Å²) in [4.78, 5) is 21.2. The van der Waals surface area contributed by atoms with Gasteiger partial charge in [-0.05, 0) is 31.0 Å². The molecule has 7 heteroatoms. The summed E-state index contributed by atoms with van der Waals surface area (Å²) in [5.74, 6) is -0.0165. The number of rotatable bonds is 6. The molecule has 136 valence electrons. The number of methoxy groups -OCH3 is 1. The van der Waals surface area contributed by atoms with Crippen LogP contribution in [0, 0.1) is 5.82 Å². The fourth-order valence-corrected chi connectivity index (χ4v) is 2.98. The van der Waals surface area contributed by atoms with E-state index in [4.69, 9.17) is 4.74 Å². The quantitative estimate of drug-likeness (QED) is 0.722. The highest BCUT2D eigenvalue weighted by molar-refractivity contribution is 5.75. The number of hydrogen-bond donors (Lipinski definition) is 1. The molecule has 0 radical (unpaired) electrons. The van der Waals surface area contributed by atoms with Crippen molar-refractivity contribution in [1.82, 2.24) is 14.5 Å². The SMILES string of the molecule is CCC(CC)n1c(=O)ccc2cnc(Nc3ccc(OC)c(F)c3)nc21. The van der Waals surface area contributed by atoms with Crippen molar-refractivity contribution in [2.75, 3.05) is 12.4 Å². The Morgan fingerprint density at radius 2 is 2.00 bits per heavy atom. The van der Waals surface area contributed by atoms with Gasteiger partial charge in [0.05, 0.1) is 7.11 Å². The number of aromatic nitrogens is 3. The van der Waals surface area contributed by atoms with Gasteiger partial charge in [-0.2, -0.15) is 4.98 Å². The maximum Gasteiger partial charge on any atom is 0.252 e. The van der Waals surface area contributed by atoms with Gasteiger partial charge >= 0.3 is 0 Å². The van der Waals surface area contributed by atoms with E-state index in [9.17, 15) is 9.18 Å². The van der Waals surface area contributed by atoms with Crippen LogP contribution in [0.2, 0.25) is 0 Å². The van der Waals surface area contributed by atoms with Crippen molar-refractivity contribution >= 4 is 22.7 Å². The van der Waals surface area contributed by atoms with Gasteiger partial charge in [0.15, 0.2) is 11.6 Å². The summed E-state index contributed by atoms with van der Waals surface area (Å²) in [7, 11) is 1.41. The molecule has 2 aromatic heterocycles. The monoisotopic (exact) mass is 356 g/mol. The van der Waals surface area contributed by atoms with Crippen molar-refractivity contribution in [1.29, 1.82) is 0 Å². The normalized spacial score (nSPS) is 11.1. The van der Waals surface area contributed by atoms with E-state index in [1.165, 1.54) is 25.3 Å². The second-order valence-corrected chi connectivity index (χ2v) is 5.96. The molecular weight excluding hydrogens is 335 g/mol. The molecule has 0 unspecified atom stereocenters. The molecule has 0 spiro atoms. The van der Waals surface area contributed by atoms with E-state index in [0.717, 1.165) is 18.2 Å². The van der Waals surface area contributed by atoms with Crippen LogP contribution in [0.4, 0.5) is 16.0 Å². The van der Waals surface area contributed by atoms with Crippen LogP contribution >= 0.6 is 0 Å². The van der Waals surface area contributed by atoms with Gasteiger partial charge in [0.25, 0.3) is 5.56 Å². The summed E-state index contributed by atoms with van der Waals surface area (Å²) in [5, 5.41) is 3.76. The summed E-state index contributed by atoms with van der Waals surface area (Å²) in [6, 6.07) is 7.83. The average molecular weight is 356 g/mol. The van der Waals surface area contributed by atoms with E-state index in [1.807, 2.05) is 13.8 Å². The molecule has 0 aliphatic carbocycles. The van der Waals surface area contributed by atoms with Crippen molar-refractivity contribution in [2.45, 2.75) is 32.7 Å². The molecule has 0 saturated carbocycles. The Bertz CT molecular complexity index is 983. The zero-order valence-electron chi connectivity index (χ0n) is 15.0. The van der Waals surface area contributed by atoms with Gasteiger partial charge in [0, 0.05) is 35.4 Å². The van der Waals surface area contributed by atoms with E-state index >= 15 is 0 Å². The lowest BCUT2D eigenvalue weighted by Gasteiger charge is -2.18. The number of halogens is 1. The first-order valence-electron chi connectivity index (χ1n) is 8.56. The van der Waals surface area contributed by atoms with Crippen molar-refractivity contribution in [3.05, 3.63) is 52.7 Å². The van der Waals surface area contributed by atoms with Crippen LogP contribution in [-0.2, 0) is 0 Å². The predicted molar refractivity (Wildman–Crippen MR) is 99.7 cm³/mol. The average Bonchev–Trinajstić information content (AvgIpc) is 2.64. The van der Waals surface area contributed by atoms with Crippen molar-refractivity contribution in [3.8, 4) is 5.75 Å². The summed E-state index contributed by atoms with van der Waals surface area (Å²) in [6.45, 7) is 4.08. The molecule has 3 rings (SSSR count). The number of nitrogens with zero attached hydrogens (tertiary/aromatic N) is 3. The molecule has 0 atom stereocenters. The van der Waals surface area contributed by atoms with Crippen LogP contribution in [0.15, 0.2) is 41.3 Å². The number of nitrogens with one attached hydrogen (secondary N) is 1. The zero-order chi connectivity index (χ0) is 18.7. The number of pyridine rings is 1. The molecule has 0 bridgehead atoms. The molecule has 1 N–H and O–H groups in total. The lowest BCUT2D eigenvalue weighted by atomic mass is 10.1. The standard InChI is InChI=1S/C19H21FN4O2/c1-4-14(5-2)24-17(25)9-6-12-11-21-19(23-18(12)24)22-13-7-8-16(26-3)15(20)10-13/h6-11,14H,4-5H2,1-3H3,(H,21,22,23). The Labute approximate surface area is 150 Å². The van der Waals surface area contributed by atoms with Gasteiger partial charge in [-0.25, -0.2) is 9.37 Å². The number of benzene rings is 1. The molecule has 3 aromatic rings. The molecule has 0 saturated heterocycles. The third-order valence-corrected chi connectivity index (χ3v) is 4.38. The second kappa shape index (κ2) is 7.51. The first-order valence-corrected chi connectivity index (χ1v) is 8.56. The van der Waals surface area contributed by atoms with Crippen LogP contribution in [0.1, 0.15) is 32.7 Å². The Hall–Kier alpha value is -2.96. The van der Waals surface area contributed by atoms with Crippen LogP contribution in [-0.4, -0.2) is 21.6 Å². The van der Waals surface area contributed by atoms with Gasteiger partial charge in [-0.15, -0.1) is 0 Å². The zero-order valence-corrected chi connectivity index (χ0v) is 15.0. The topological polar surface area (TPSA) is 69.0 Å². The Kier molecular flexibility index (Phi) is 5.16. The van der Waals surface area contributed by atoms with E-state index < -0.39 is 5.82 Å². The van der Waals surface area contributed by atoms with Crippen molar-refractivity contribution < 1.29 is 9.13 Å². The largest absolute Gasteiger partial charge is 0.494 e. The number of ether oxygens (including phenoxy) is 1. The van der Waals surface area contributed by atoms with Gasteiger partial charge in [0.1, 0.15) is 5.65 Å². The summed E-state index contributed by atoms with van der Waals surface area (Å²) in [5.41, 5.74) is 0.971. The van der Waals surface area contributed by atoms with E-state index in [1.54, 1.807) is 22.9 Å². The van der Waals surface area contributed by atoms with Gasteiger partial charge < -0.3 is 10.1 Å². The third kappa shape index (κ3) is 3.37. The Balaban J connectivity index is 2.04. The molecule has 0 fully saturated rings. The molecule has 2 heterocycles. The molecule has 26 heavy (non-hydrogen) atoms. The Morgan fingerprint density at radius 3 is 2.65 bits per heavy atom. The van der Waals surface area contributed by atoms with Gasteiger partial charge in [-0.3, -0.25) is 9.36 Å².